The number of Topliss-reactive ketones (excluding diaryl/α,β-unsaturated/α-hetero) is 1. The Morgan fingerprint density at radius 1 is 1.03 bits per heavy atom. The minimum absolute atomic E-state index is 0.0194. The third-order valence-corrected chi connectivity index (χ3v) is 13.7. The molecule has 15 atom stereocenters. The molecule has 6 bridgehead atoms. The van der Waals surface area contributed by atoms with E-state index in [-0.39, 0.29) is 50.7 Å². The van der Waals surface area contributed by atoms with Crippen molar-refractivity contribution in [2.24, 2.45) is 34.7 Å². The zero-order valence-electron chi connectivity index (χ0n) is 36.6. The summed E-state index contributed by atoms with van der Waals surface area (Å²) < 4.78 is 39.8. The summed E-state index contributed by atoms with van der Waals surface area (Å²) in [6.45, 7) is 14.8. The van der Waals surface area contributed by atoms with E-state index < -0.39 is 89.6 Å². The van der Waals surface area contributed by atoms with Crippen molar-refractivity contribution < 1.29 is 52.7 Å². The second kappa shape index (κ2) is 17.5. The lowest BCUT2D eigenvalue weighted by Gasteiger charge is -2.48. The molecule has 7 rings (SSSR count). The lowest BCUT2D eigenvalue weighted by molar-refractivity contribution is -0.302. The number of benzene rings is 1. The predicted octanol–water partition coefficient (Wildman–Crippen LogP) is 4.54. The highest BCUT2D eigenvalue weighted by Gasteiger charge is 2.61. The number of nitrogens with zero attached hydrogens (tertiary/aromatic N) is 5. The van der Waals surface area contributed by atoms with E-state index in [4.69, 9.17) is 38.4 Å². The van der Waals surface area contributed by atoms with E-state index in [1.165, 1.54) is 4.90 Å². The number of hydrogen-bond donors (Lipinski definition) is 1. The Labute approximate surface area is 352 Å². The minimum atomic E-state index is -1.40. The average Bonchev–Trinajstić information content (AvgIpc) is 3.49. The molecule has 6 heterocycles. The number of aromatic nitrogens is 2. The fourth-order valence-corrected chi connectivity index (χ4v) is 10.4. The Morgan fingerprint density at radius 3 is 2.48 bits per heavy atom. The zero-order chi connectivity index (χ0) is 43.3. The molecular formula is C44H63N5O11. The van der Waals surface area contributed by atoms with E-state index in [1.54, 1.807) is 27.0 Å². The molecule has 330 valence electrons. The maximum absolute atomic E-state index is 14.9. The Bertz CT molecular complexity index is 1930. The number of hydrogen-bond acceptors (Lipinski definition) is 15. The molecule has 0 aliphatic carbocycles. The van der Waals surface area contributed by atoms with Crippen LogP contribution in [-0.2, 0) is 49.5 Å². The van der Waals surface area contributed by atoms with Crippen molar-refractivity contribution in [3.05, 3.63) is 36.2 Å². The van der Waals surface area contributed by atoms with Crippen LogP contribution in [0.1, 0.15) is 80.3 Å². The van der Waals surface area contributed by atoms with Gasteiger partial charge in [0.25, 0.3) is 0 Å². The van der Waals surface area contributed by atoms with Crippen LogP contribution in [-0.4, -0.2) is 142 Å². The number of ether oxygens (including phenoxy) is 6. The topological polar surface area (TPSA) is 181 Å². The van der Waals surface area contributed by atoms with E-state index in [0.29, 0.717) is 29.8 Å². The molecule has 0 radical (unpaired) electrons. The first-order chi connectivity index (χ1) is 28.4. The van der Waals surface area contributed by atoms with Gasteiger partial charge in [-0.2, -0.15) is 0 Å². The van der Waals surface area contributed by atoms with Crippen molar-refractivity contribution in [2.45, 2.75) is 141 Å². The van der Waals surface area contributed by atoms with Crippen LogP contribution in [0.5, 0.6) is 0 Å². The van der Waals surface area contributed by atoms with Gasteiger partial charge in [-0.05, 0) is 73.2 Å². The van der Waals surface area contributed by atoms with Crippen LogP contribution >= 0.6 is 0 Å². The fraction of sp³-hybridized carbons (Fsp3) is 0.727. The summed E-state index contributed by atoms with van der Waals surface area (Å²) >= 11 is 0. The third kappa shape index (κ3) is 8.39. The maximum atomic E-state index is 14.9. The second-order valence-corrected chi connectivity index (χ2v) is 18.4. The van der Waals surface area contributed by atoms with Gasteiger partial charge in [0.15, 0.2) is 18.5 Å². The first-order valence-electron chi connectivity index (χ1n) is 21.5. The van der Waals surface area contributed by atoms with Gasteiger partial charge in [-0.1, -0.05) is 45.0 Å². The first kappa shape index (κ1) is 44.3. The van der Waals surface area contributed by atoms with Crippen molar-refractivity contribution in [3.8, 4) is 0 Å². The van der Waals surface area contributed by atoms with E-state index in [1.807, 2.05) is 77.9 Å². The Hall–Kier alpha value is -3.80. The van der Waals surface area contributed by atoms with Crippen LogP contribution < -0.4 is 0 Å². The van der Waals surface area contributed by atoms with Gasteiger partial charge in [-0.3, -0.25) is 19.5 Å². The summed E-state index contributed by atoms with van der Waals surface area (Å²) in [4.78, 5) is 62.2. The normalized spacial score (nSPS) is 41.1. The van der Waals surface area contributed by atoms with Crippen molar-refractivity contribution in [1.29, 1.82) is 0 Å². The number of aliphatic hydroxyl groups excluding tert-OH is 1. The number of ketones is 1. The molecule has 1 amide bonds. The number of esters is 1. The van der Waals surface area contributed by atoms with E-state index >= 15 is 0 Å². The molecule has 1 aromatic carbocycles. The molecule has 60 heavy (non-hydrogen) atoms. The lowest BCUT2D eigenvalue weighted by atomic mass is 9.73. The monoisotopic (exact) mass is 837 g/mol. The van der Waals surface area contributed by atoms with Gasteiger partial charge in [-0.25, -0.2) is 9.78 Å². The standard InChI is InChI=1S/C44H63N5O11/c1-11-34-44(8)38-25(4)35(50)23(2)17-43(7)39(59-41-36(51)33(48(9)10)16-24(3)57-41)26(5)37(27(6)40(52)58-34)54-20-28(21-55-43)32(19-49(38)42(53)60-44)47-56-22-29-18-45-30-14-12-13-15-31(30)46-29/h12-15,18,23-28,33-34,36-39,41,51H,11,16-17,19-22H2,1-10H3/b47-32-/t23-,24-,25+,26+,27-,28?,33+,34-,36-,37+,38+,39-,41+,43?,44?/m1/s1. The quantitative estimate of drug-likeness (QED) is 0.303. The largest absolute Gasteiger partial charge is 0.458 e. The highest BCUT2D eigenvalue weighted by atomic mass is 16.7. The van der Waals surface area contributed by atoms with Gasteiger partial charge in [0.2, 0.25) is 0 Å². The molecule has 0 saturated carbocycles. The van der Waals surface area contributed by atoms with Crippen LogP contribution in [0, 0.1) is 29.6 Å². The van der Waals surface area contributed by atoms with Gasteiger partial charge < -0.3 is 43.3 Å². The Morgan fingerprint density at radius 2 is 1.77 bits per heavy atom. The molecule has 16 heteroatoms. The molecule has 3 unspecified atom stereocenters. The van der Waals surface area contributed by atoms with Gasteiger partial charge in [0.1, 0.15) is 18.0 Å². The van der Waals surface area contributed by atoms with Crippen molar-refractivity contribution in [2.75, 3.05) is 33.9 Å². The van der Waals surface area contributed by atoms with Crippen molar-refractivity contribution >= 4 is 34.6 Å². The van der Waals surface area contributed by atoms with E-state index in [2.05, 4.69) is 9.97 Å². The molecule has 5 fully saturated rings. The summed E-state index contributed by atoms with van der Waals surface area (Å²) in [5.74, 6) is -4.05. The first-order valence-corrected chi connectivity index (χ1v) is 21.5. The number of rotatable bonds is 7. The Kier molecular flexibility index (Phi) is 12.9. The average molecular weight is 838 g/mol. The number of fused-ring (bicyclic) bond motifs is 6. The zero-order valence-corrected chi connectivity index (χ0v) is 36.6. The second-order valence-electron chi connectivity index (χ2n) is 18.4. The predicted molar refractivity (Wildman–Crippen MR) is 218 cm³/mol. The molecule has 1 aromatic heterocycles. The summed E-state index contributed by atoms with van der Waals surface area (Å²) in [6.07, 6.45) is -2.78. The highest BCUT2D eigenvalue weighted by Crippen LogP contribution is 2.45. The summed E-state index contributed by atoms with van der Waals surface area (Å²) in [6, 6.07) is 6.43. The number of para-hydroxylation sites is 2. The SMILES string of the molecule is CC[C@H]1OC(=O)[C@H](C)[C@H]2OCC3COC(C)(C[C@@H](C)C(=O)[C@H](C)[C@@H]4N(C/C3=N/OCc3cnc5ccccc5n3)C(=O)OC41C)[C@H](O[C@@H]1O[C@H](C)C[C@H](N(C)C)[C@H]1O)[C@H]2C. The van der Waals surface area contributed by atoms with Crippen molar-refractivity contribution in [1.82, 2.24) is 19.8 Å². The molecular weight excluding hydrogens is 775 g/mol. The lowest BCUT2D eigenvalue weighted by Crippen LogP contribution is -2.61. The molecule has 5 aliphatic heterocycles. The molecule has 1 N–H and O–H groups in total. The van der Waals surface area contributed by atoms with Gasteiger partial charge in [-0.15, -0.1) is 0 Å². The highest BCUT2D eigenvalue weighted by molar-refractivity contribution is 5.92. The number of likely N-dealkylation sites (N-methyl/N-ethyl adjacent to an activating group) is 1. The fourth-order valence-electron chi connectivity index (χ4n) is 10.4. The van der Waals surface area contributed by atoms with Gasteiger partial charge >= 0.3 is 12.1 Å². The molecule has 5 saturated heterocycles. The minimum Gasteiger partial charge on any atom is -0.458 e. The molecule has 2 aromatic rings. The number of amides is 1. The third-order valence-electron chi connectivity index (χ3n) is 13.7. The summed E-state index contributed by atoms with van der Waals surface area (Å²) in [5, 5.41) is 16.4. The van der Waals surface area contributed by atoms with Crippen LogP contribution in [0.15, 0.2) is 35.6 Å². The number of carbonyl (C=O) groups is 3. The van der Waals surface area contributed by atoms with Crippen LogP contribution in [0.4, 0.5) is 4.79 Å². The molecule has 5 aliphatic rings. The number of aliphatic hydroxyl groups is 1. The smallest absolute Gasteiger partial charge is 0.411 e. The van der Waals surface area contributed by atoms with Crippen LogP contribution in [0.25, 0.3) is 11.0 Å². The maximum Gasteiger partial charge on any atom is 0.411 e. The summed E-state index contributed by atoms with van der Waals surface area (Å²) in [7, 11) is 3.82. The van der Waals surface area contributed by atoms with E-state index in [9.17, 15) is 19.5 Å². The Balaban J connectivity index is 1.36. The number of oxime groups is 1. The molecule has 16 nitrogen and oxygen atoms in total. The van der Waals surface area contributed by atoms with E-state index in [0.717, 1.165) is 5.52 Å². The number of carbonyl (C=O) groups excluding carboxylic acids is 3. The number of cyclic esters (lactones) is 1. The van der Waals surface area contributed by atoms with Gasteiger partial charge in [0.05, 0.1) is 84.3 Å². The van der Waals surface area contributed by atoms with Crippen molar-refractivity contribution in [3.63, 3.8) is 0 Å². The summed E-state index contributed by atoms with van der Waals surface area (Å²) in [5.41, 5.74) is -0.184. The van der Waals surface area contributed by atoms with Gasteiger partial charge in [0, 0.05) is 29.7 Å². The molecule has 0 spiro atoms. The van der Waals surface area contributed by atoms with Crippen LogP contribution in [0.2, 0.25) is 0 Å². The van der Waals surface area contributed by atoms with Crippen LogP contribution in [0.3, 0.4) is 0 Å².